The third kappa shape index (κ3) is 3.57. The standard InChI is InChI=1S/C13H13BrN2O4/c1-2-3-11-15-12(20-16-11)7-19-10-6-8(14)4-5-9(10)13(17)18/h4-6H,2-3,7H2,1H3,(H,17,18). The zero-order valence-corrected chi connectivity index (χ0v) is 12.4. The van der Waals surface area contributed by atoms with Gasteiger partial charge in [-0.05, 0) is 24.6 Å². The predicted molar refractivity (Wildman–Crippen MR) is 73.7 cm³/mol. The van der Waals surface area contributed by atoms with Crippen LogP contribution >= 0.6 is 15.9 Å². The number of carboxylic acids is 1. The van der Waals surface area contributed by atoms with Gasteiger partial charge in [-0.15, -0.1) is 0 Å². The molecule has 1 heterocycles. The third-order valence-electron chi connectivity index (χ3n) is 2.51. The second kappa shape index (κ2) is 6.51. The Bertz CT molecular complexity index is 612. The number of hydrogen-bond acceptors (Lipinski definition) is 5. The molecular weight excluding hydrogens is 328 g/mol. The molecule has 0 atom stereocenters. The van der Waals surface area contributed by atoms with Crippen LogP contribution in [0.5, 0.6) is 5.75 Å². The number of rotatable bonds is 6. The van der Waals surface area contributed by atoms with Crippen molar-refractivity contribution in [2.75, 3.05) is 0 Å². The maximum absolute atomic E-state index is 11.1. The molecule has 1 aromatic heterocycles. The van der Waals surface area contributed by atoms with E-state index in [-0.39, 0.29) is 17.9 Å². The molecule has 0 radical (unpaired) electrons. The average Bonchev–Trinajstić information content (AvgIpc) is 2.84. The maximum Gasteiger partial charge on any atom is 0.339 e. The minimum Gasteiger partial charge on any atom is -0.483 e. The molecule has 106 valence electrons. The number of aryl methyl sites for hydroxylation is 1. The van der Waals surface area contributed by atoms with Crippen molar-refractivity contribution in [1.82, 2.24) is 10.1 Å². The van der Waals surface area contributed by atoms with Gasteiger partial charge in [0, 0.05) is 10.9 Å². The summed E-state index contributed by atoms with van der Waals surface area (Å²) < 4.78 is 11.2. The number of nitrogens with zero attached hydrogens (tertiary/aromatic N) is 2. The van der Waals surface area contributed by atoms with E-state index in [0.717, 1.165) is 17.3 Å². The Morgan fingerprint density at radius 1 is 1.50 bits per heavy atom. The van der Waals surface area contributed by atoms with Crippen molar-refractivity contribution in [1.29, 1.82) is 0 Å². The monoisotopic (exact) mass is 340 g/mol. The number of ether oxygens (including phenoxy) is 1. The van der Waals surface area contributed by atoms with Crippen LogP contribution < -0.4 is 4.74 Å². The van der Waals surface area contributed by atoms with E-state index in [9.17, 15) is 4.79 Å². The van der Waals surface area contributed by atoms with Crippen LogP contribution in [0.1, 0.15) is 35.4 Å². The minimum absolute atomic E-state index is 0.0352. The summed E-state index contributed by atoms with van der Waals surface area (Å²) in [5, 5.41) is 12.9. The largest absolute Gasteiger partial charge is 0.483 e. The third-order valence-corrected chi connectivity index (χ3v) is 3.00. The second-order valence-electron chi connectivity index (χ2n) is 4.09. The molecule has 7 heteroatoms. The molecule has 0 aliphatic heterocycles. The lowest BCUT2D eigenvalue weighted by atomic mass is 10.2. The topological polar surface area (TPSA) is 85.5 Å². The van der Waals surface area contributed by atoms with Crippen molar-refractivity contribution in [3.05, 3.63) is 40.0 Å². The smallest absolute Gasteiger partial charge is 0.339 e. The lowest BCUT2D eigenvalue weighted by Crippen LogP contribution is -2.03. The molecule has 0 amide bonds. The molecule has 2 aromatic rings. The summed E-state index contributed by atoms with van der Waals surface area (Å²) in [4.78, 5) is 15.2. The summed E-state index contributed by atoms with van der Waals surface area (Å²) in [7, 11) is 0. The van der Waals surface area contributed by atoms with Gasteiger partial charge in [0.2, 0.25) is 0 Å². The highest BCUT2D eigenvalue weighted by atomic mass is 79.9. The van der Waals surface area contributed by atoms with Gasteiger partial charge in [-0.3, -0.25) is 0 Å². The summed E-state index contributed by atoms with van der Waals surface area (Å²) in [5.41, 5.74) is 0.0847. The van der Waals surface area contributed by atoms with Gasteiger partial charge in [0.25, 0.3) is 5.89 Å². The zero-order chi connectivity index (χ0) is 14.5. The number of carboxylic acid groups (broad SMARTS) is 1. The number of halogens is 1. The molecule has 0 unspecified atom stereocenters. The molecule has 0 aliphatic rings. The highest BCUT2D eigenvalue weighted by molar-refractivity contribution is 9.10. The van der Waals surface area contributed by atoms with E-state index in [2.05, 4.69) is 26.1 Å². The van der Waals surface area contributed by atoms with Crippen molar-refractivity contribution in [2.24, 2.45) is 0 Å². The summed E-state index contributed by atoms with van der Waals surface area (Å²) >= 11 is 3.27. The fraction of sp³-hybridized carbons (Fsp3) is 0.308. The SMILES string of the molecule is CCCc1noc(COc2cc(Br)ccc2C(=O)O)n1. The molecule has 0 saturated carbocycles. The number of aromatic nitrogens is 2. The van der Waals surface area contributed by atoms with Crippen molar-refractivity contribution >= 4 is 21.9 Å². The van der Waals surface area contributed by atoms with E-state index < -0.39 is 5.97 Å². The Hall–Kier alpha value is -1.89. The molecule has 0 spiro atoms. The molecule has 2 rings (SSSR count). The van der Waals surface area contributed by atoms with Crippen LogP contribution in [0.2, 0.25) is 0 Å². The first-order chi connectivity index (χ1) is 9.60. The summed E-state index contributed by atoms with van der Waals surface area (Å²) in [5.74, 6) is 0.149. The molecule has 6 nitrogen and oxygen atoms in total. The first-order valence-electron chi connectivity index (χ1n) is 6.07. The Kier molecular flexibility index (Phi) is 4.73. The van der Waals surface area contributed by atoms with Gasteiger partial charge < -0.3 is 14.4 Å². The molecule has 0 aliphatic carbocycles. The van der Waals surface area contributed by atoms with Gasteiger partial charge in [-0.25, -0.2) is 4.79 Å². The Labute approximate surface area is 123 Å². The molecule has 0 bridgehead atoms. The number of hydrogen-bond donors (Lipinski definition) is 1. The lowest BCUT2D eigenvalue weighted by Gasteiger charge is -2.07. The summed E-state index contributed by atoms with van der Waals surface area (Å²) in [6.45, 7) is 2.06. The zero-order valence-electron chi connectivity index (χ0n) is 10.8. The van der Waals surface area contributed by atoms with Gasteiger partial charge in [-0.1, -0.05) is 28.0 Å². The fourth-order valence-corrected chi connectivity index (χ4v) is 1.95. The van der Waals surface area contributed by atoms with Crippen LogP contribution in [0, 0.1) is 0 Å². The Morgan fingerprint density at radius 2 is 2.30 bits per heavy atom. The average molecular weight is 341 g/mol. The van der Waals surface area contributed by atoms with Crippen molar-refractivity contribution in [3.8, 4) is 5.75 Å². The molecular formula is C13H13BrN2O4. The molecule has 0 saturated heterocycles. The fourth-order valence-electron chi connectivity index (χ4n) is 1.61. The van der Waals surface area contributed by atoms with E-state index in [1.165, 1.54) is 6.07 Å². The van der Waals surface area contributed by atoms with E-state index in [1.807, 2.05) is 6.92 Å². The Morgan fingerprint density at radius 3 is 3.00 bits per heavy atom. The van der Waals surface area contributed by atoms with E-state index in [0.29, 0.717) is 11.7 Å². The normalized spacial score (nSPS) is 10.5. The second-order valence-corrected chi connectivity index (χ2v) is 5.00. The van der Waals surface area contributed by atoms with E-state index >= 15 is 0 Å². The van der Waals surface area contributed by atoms with Gasteiger partial charge >= 0.3 is 5.97 Å². The summed E-state index contributed by atoms with van der Waals surface area (Å²) in [6, 6.07) is 4.70. The summed E-state index contributed by atoms with van der Waals surface area (Å²) in [6.07, 6.45) is 1.66. The molecule has 1 N–H and O–H groups in total. The predicted octanol–water partition coefficient (Wildman–Crippen LogP) is 3.06. The first-order valence-corrected chi connectivity index (χ1v) is 6.86. The Balaban J connectivity index is 2.09. The molecule has 0 fully saturated rings. The first kappa shape index (κ1) is 14.5. The van der Waals surface area contributed by atoms with Gasteiger partial charge in [0.1, 0.15) is 11.3 Å². The van der Waals surface area contributed by atoms with Crippen LogP contribution in [-0.2, 0) is 13.0 Å². The highest BCUT2D eigenvalue weighted by Crippen LogP contribution is 2.24. The quantitative estimate of drug-likeness (QED) is 0.869. The van der Waals surface area contributed by atoms with Crippen LogP contribution in [0.15, 0.2) is 27.2 Å². The highest BCUT2D eigenvalue weighted by Gasteiger charge is 2.13. The van der Waals surface area contributed by atoms with Crippen molar-refractivity contribution in [2.45, 2.75) is 26.4 Å². The number of aromatic carboxylic acids is 1. The van der Waals surface area contributed by atoms with Crippen LogP contribution in [0.25, 0.3) is 0 Å². The van der Waals surface area contributed by atoms with Gasteiger partial charge in [0.05, 0.1) is 0 Å². The van der Waals surface area contributed by atoms with Crippen LogP contribution in [0.4, 0.5) is 0 Å². The van der Waals surface area contributed by atoms with E-state index in [4.69, 9.17) is 14.4 Å². The van der Waals surface area contributed by atoms with Gasteiger partial charge in [0.15, 0.2) is 12.4 Å². The maximum atomic E-state index is 11.1. The van der Waals surface area contributed by atoms with Crippen LogP contribution in [-0.4, -0.2) is 21.2 Å². The lowest BCUT2D eigenvalue weighted by molar-refractivity contribution is 0.0691. The number of carbonyl (C=O) groups is 1. The van der Waals surface area contributed by atoms with Gasteiger partial charge in [-0.2, -0.15) is 4.98 Å². The molecule has 1 aromatic carbocycles. The minimum atomic E-state index is -1.05. The molecule has 20 heavy (non-hydrogen) atoms. The van der Waals surface area contributed by atoms with Crippen LogP contribution in [0.3, 0.4) is 0 Å². The number of benzene rings is 1. The van der Waals surface area contributed by atoms with Crippen molar-refractivity contribution in [3.63, 3.8) is 0 Å². The van der Waals surface area contributed by atoms with E-state index in [1.54, 1.807) is 12.1 Å². The van der Waals surface area contributed by atoms with Crippen molar-refractivity contribution < 1.29 is 19.2 Å².